The van der Waals surface area contributed by atoms with Crippen LogP contribution < -0.4 is 16.2 Å². The second-order valence-electron chi connectivity index (χ2n) is 4.74. The number of fused-ring (bicyclic) bond motifs is 1. The molecule has 0 aliphatic carbocycles. The molecule has 3 aromatic rings. The molecule has 0 spiro atoms. The third-order valence-corrected chi connectivity index (χ3v) is 5.07. The Morgan fingerprint density at radius 3 is 2.72 bits per heavy atom. The molecular formula is C14H11ClN4O4S2. The lowest BCUT2D eigenvalue weighted by atomic mass is 10.3. The van der Waals surface area contributed by atoms with Crippen molar-refractivity contribution in [2.45, 2.75) is 0 Å². The van der Waals surface area contributed by atoms with E-state index in [1.807, 2.05) is 0 Å². The number of hydrogen-bond acceptors (Lipinski definition) is 6. The number of aromatic amines is 1. The molecule has 0 aliphatic heterocycles. The highest BCUT2D eigenvalue weighted by molar-refractivity contribution is 7.22. The molecule has 3 aromatic heterocycles. The number of esters is 1. The van der Waals surface area contributed by atoms with Crippen molar-refractivity contribution in [1.29, 1.82) is 0 Å². The quantitative estimate of drug-likeness (QED) is 0.401. The number of methoxy groups -OCH3 is 1. The van der Waals surface area contributed by atoms with Gasteiger partial charge in [-0.1, -0.05) is 11.6 Å². The second kappa shape index (κ2) is 7.13. The zero-order valence-electron chi connectivity index (χ0n) is 12.6. The van der Waals surface area contributed by atoms with Gasteiger partial charge in [-0.15, -0.1) is 22.7 Å². The minimum absolute atomic E-state index is 0.232. The number of rotatable bonds is 3. The molecule has 3 amide bonds. The molecule has 0 saturated carbocycles. The number of H-pyrrole nitrogens is 1. The number of anilines is 1. The van der Waals surface area contributed by atoms with Crippen molar-refractivity contribution >= 4 is 68.1 Å². The first-order chi connectivity index (χ1) is 12.0. The van der Waals surface area contributed by atoms with Crippen LogP contribution in [0.1, 0.15) is 20.8 Å². The van der Waals surface area contributed by atoms with Crippen LogP contribution in [0.2, 0.25) is 4.34 Å². The van der Waals surface area contributed by atoms with E-state index in [-0.39, 0.29) is 11.3 Å². The monoisotopic (exact) mass is 398 g/mol. The average Bonchev–Trinajstić information content (AvgIpc) is 3.26. The molecule has 0 aliphatic rings. The van der Waals surface area contributed by atoms with Crippen molar-refractivity contribution in [2.75, 3.05) is 12.4 Å². The molecule has 0 aromatic carbocycles. The van der Waals surface area contributed by atoms with E-state index in [9.17, 15) is 14.4 Å². The van der Waals surface area contributed by atoms with Crippen LogP contribution in [0.4, 0.5) is 10.5 Å². The molecule has 0 fully saturated rings. The van der Waals surface area contributed by atoms with Gasteiger partial charge in [-0.25, -0.2) is 15.0 Å². The van der Waals surface area contributed by atoms with Gasteiger partial charge in [0.2, 0.25) is 0 Å². The largest absolute Gasteiger partial charge is 0.465 e. The van der Waals surface area contributed by atoms with E-state index in [1.54, 1.807) is 22.9 Å². The van der Waals surface area contributed by atoms with Gasteiger partial charge in [0.1, 0.15) is 10.5 Å². The van der Waals surface area contributed by atoms with Gasteiger partial charge in [-0.3, -0.25) is 10.2 Å². The Morgan fingerprint density at radius 1 is 1.20 bits per heavy atom. The van der Waals surface area contributed by atoms with Gasteiger partial charge in [0.15, 0.2) is 0 Å². The summed E-state index contributed by atoms with van der Waals surface area (Å²) in [6, 6.07) is 2.66. The van der Waals surface area contributed by atoms with E-state index in [2.05, 4.69) is 25.9 Å². The lowest BCUT2D eigenvalue weighted by Crippen LogP contribution is -2.44. The maximum Gasteiger partial charge on any atom is 0.340 e. The van der Waals surface area contributed by atoms with Crippen molar-refractivity contribution in [1.82, 2.24) is 15.8 Å². The smallest absolute Gasteiger partial charge is 0.340 e. The third kappa shape index (κ3) is 3.76. The molecule has 0 bridgehead atoms. The van der Waals surface area contributed by atoms with Gasteiger partial charge in [-0.05, 0) is 12.1 Å². The lowest BCUT2D eigenvalue weighted by molar-refractivity contribution is 0.0602. The molecule has 11 heteroatoms. The molecule has 0 saturated heterocycles. The van der Waals surface area contributed by atoms with Crippen molar-refractivity contribution in [3.63, 3.8) is 0 Å². The summed E-state index contributed by atoms with van der Waals surface area (Å²) < 4.78 is 5.23. The predicted octanol–water partition coefficient (Wildman–Crippen LogP) is 3.20. The Hall–Kier alpha value is -2.56. The first-order valence-electron chi connectivity index (χ1n) is 6.78. The van der Waals surface area contributed by atoms with Gasteiger partial charge >= 0.3 is 12.0 Å². The SMILES string of the molecule is COC(=O)c1cscc1NC(=O)NNC(=O)c1cc2cc(Cl)sc2[nH]1. The minimum atomic E-state index is -0.701. The highest BCUT2D eigenvalue weighted by Gasteiger charge is 2.16. The van der Waals surface area contributed by atoms with Gasteiger partial charge in [-0.2, -0.15) is 0 Å². The summed E-state index contributed by atoms with van der Waals surface area (Å²) in [6.45, 7) is 0. The zero-order valence-corrected chi connectivity index (χ0v) is 15.0. The van der Waals surface area contributed by atoms with E-state index in [4.69, 9.17) is 11.6 Å². The highest BCUT2D eigenvalue weighted by Crippen LogP contribution is 2.29. The number of halogens is 1. The number of urea groups is 1. The number of hydrogen-bond donors (Lipinski definition) is 4. The van der Waals surface area contributed by atoms with Crippen LogP contribution in [0.25, 0.3) is 10.2 Å². The van der Waals surface area contributed by atoms with Gasteiger partial charge < -0.3 is 15.0 Å². The van der Waals surface area contributed by atoms with Crippen LogP contribution in [0.5, 0.6) is 0 Å². The van der Waals surface area contributed by atoms with E-state index in [1.165, 1.54) is 29.8 Å². The number of carbonyl (C=O) groups is 3. The van der Waals surface area contributed by atoms with Crippen LogP contribution in [0.15, 0.2) is 22.9 Å². The number of carbonyl (C=O) groups excluding carboxylic acids is 3. The Labute approximate surface area is 154 Å². The number of amides is 3. The second-order valence-corrected chi connectivity index (χ2v) is 7.17. The van der Waals surface area contributed by atoms with Crippen LogP contribution >= 0.6 is 34.3 Å². The number of thiophene rings is 2. The fourth-order valence-corrected chi connectivity index (χ4v) is 3.89. The molecular weight excluding hydrogens is 388 g/mol. The minimum Gasteiger partial charge on any atom is -0.465 e. The first-order valence-corrected chi connectivity index (χ1v) is 8.91. The molecule has 25 heavy (non-hydrogen) atoms. The molecule has 3 rings (SSSR count). The van der Waals surface area contributed by atoms with E-state index in [0.717, 1.165) is 10.2 Å². The standard InChI is InChI=1S/C14H11ClN4O4S2/c1-23-13(21)7-4-24-5-9(7)17-14(22)19-18-11(20)8-2-6-3-10(15)25-12(6)16-8/h2-5,16H,1H3,(H,18,20)(H2,17,19,22). The number of hydrazine groups is 1. The average molecular weight is 399 g/mol. The zero-order chi connectivity index (χ0) is 18.0. The van der Waals surface area contributed by atoms with Crippen molar-refractivity contribution in [2.24, 2.45) is 0 Å². The van der Waals surface area contributed by atoms with Crippen LogP contribution in [0, 0.1) is 0 Å². The molecule has 3 heterocycles. The highest BCUT2D eigenvalue weighted by atomic mass is 35.5. The summed E-state index contributed by atoms with van der Waals surface area (Å²) >= 11 is 8.42. The van der Waals surface area contributed by atoms with Crippen molar-refractivity contribution in [3.8, 4) is 0 Å². The summed E-state index contributed by atoms with van der Waals surface area (Å²) in [6.07, 6.45) is 0. The normalized spacial score (nSPS) is 10.5. The summed E-state index contributed by atoms with van der Waals surface area (Å²) in [5.41, 5.74) is 5.28. The molecule has 4 N–H and O–H groups in total. The maximum absolute atomic E-state index is 12.0. The number of aromatic nitrogens is 1. The molecule has 0 unspecified atom stereocenters. The van der Waals surface area contributed by atoms with E-state index in [0.29, 0.717) is 10.0 Å². The summed E-state index contributed by atoms with van der Waals surface area (Å²) in [5, 5.41) is 6.40. The number of ether oxygens (including phenoxy) is 1. The fourth-order valence-electron chi connectivity index (χ4n) is 2.01. The van der Waals surface area contributed by atoms with Crippen LogP contribution in [0.3, 0.4) is 0 Å². The maximum atomic E-state index is 12.0. The summed E-state index contributed by atoms with van der Waals surface area (Å²) in [4.78, 5) is 39.1. The van der Waals surface area contributed by atoms with Crippen molar-refractivity contribution in [3.05, 3.63) is 38.5 Å². The Kier molecular flexibility index (Phi) is 4.93. The Balaban J connectivity index is 1.58. The first kappa shape index (κ1) is 17.3. The van der Waals surface area contributed by atoms with E-state index >= 15 is 0 Å². The summed E-state index contributed by atoms with van der Waals surface area (Å²) in [5.74, 6) is -1.08. The Morgan fingerprint density at radius 2 is 2.00 bits per heavy atom. The fraction of sp³-hybridized carbons (Fsp3) is 0.0714. The summed E-state index contributed by atoms with van der Waals surface area (Å²) in [7, 11) is 1.25. The van der Waals surface area contributed by atoms with E-state index < -0.39 is 17.9 Å². The topological polar surface area (TPSA) is 112 Å². The number of nitrogens with one attached hydrogen (secondary N) is 4. The Bertz CT molecular complexity index is 930. The van der Waals surface area contributed by atoms with Crippen LogP contribution in [-0.4, -0.2) is 30.0 Å². The van der Waals surface area contributed by atoms with Gasteiger partial charge in [0.05, 0.1) is 22.7 Å². The van der Waals surface area contributed by atoms with Crippen molar-refractivity contribution < 1.29 is 19.1 Å². The molecule has 8 nitrogen and oxygen atoms in total. The molecule has 130 valence electrons. The van der Waals surface area contributed by atoms with Gasteiger partial charge in [0, 0.05) is 16.1 Å². The third-order valence-electron chi connectivity index (χ3n) is 3.13. The lowest BCUT2D eigenvalue weighted by Gasteiger charge is -2.08. The predicted molar refractivity (Wildman–Crippen MR) is 96.5 cm³/mol. The molecule has 0 atom stereocenters. The molecule has 0 radical (unpaired) electrons. The van der Waals surface area contributed by atoms with Crippen LogP contribution in [-0.2, 0) is 4.74 Å². The van der Waals surface area contributed by atoms with Gasteiger partial charge in [0.25, 0.3) is 5.91 Å².